The van der Waals surface area contributed by atoms with Crippen molar-refractivity contribution >= 4 is 34.6 Å². The van der Waals surface area contributed by atoms with E-state index in [4.69, 9.17) is 19.7 Å². The first-order valence-electron chi connectivity index (χ1n) is 15.1. The molecule has 0 atom stereocenters. The van der Waals surface area contributed by atoms with E-state index in [9.17, 15) is 0 Å². The Morgan fingerprint density at radius 2 is 0.689 bits per heavy atom. The van der Waals surface area contributed by atoms with Crippen LogP contribution in [0, 0.1) is 41.5 Å². The van der Waals surface area contributed by atoms with Crippen molar-refractivity contribution in [3.05, 3.63) is 149 Å². The van der Waals surface area contributed by atoms with Crippen LogP contribution in [-0.2, 0) is 0 Å². The minimum absolute atomic E-state index is 0.202. The van der Waals surface area contributed by atoms with Crippen molar-refractivity contribution in [1.82, 2.24) is 15.0 Å². The third-order valence-electron chi connectivity index (χ3n) is 7.56. The van der Waals surface area contributed by atoms with Gasteiger partial charge in [0.2, 0.25) is 11.9 Å². The number of ether oxygens (including phenoxy) is 1. The fourth-order valence-electron chi connectivity index (χ4n) is 5.21. The summed E-state index contributed by atoms with van der Waals surface area (Å²) in [4.78, 5) is 19.1. The average molecular weight is 592 g/mol. The molecule has 0 bridgehead atoms. The maximum atomic E-state index is 6.43. The Morgan fingerprint density at radius 1 is 0.378 bits per heavy atom. The van der Waals surface area contributed by atoms with Crippen LogP contribution in [0.3, 0.4) is 0 Å². The van der Waals surface area contributed by atoms with E-state index < -0.39 is 0 Å². The quantitative estimate of drug-likeness (QED) is 0.175. The van der Waals surface area contributed by atoms with Crippen molar-refractivity contribution in [1.29, 1.82) is 0 Å². The average Bonchev–Trinajstić information content (AvgIpc) is 3.01. The molecule has 0 aliphatic rings. The molecule has 6 rings (SSSR count). The SMILES string of the molecule is Cc1ccc(N(c2ccc(C)cc2)c2nc(Oc3cc(C)cc(C)c3)nc(N(c3ccc(C)cc3)c3ccc(C)cc3)n2)cc1. The molecule has 6 aromatic rings. The van der Waals surface area contributed by atoms with Gasteiger partial charge >= 0.3 is 6.01 Å². The molecule has 6 nitrogen and oxygen atoms in total. The Balaban J connectivity index is 1.59. The summed E-state index contributed by atoms with van der Waals surface area (Å²) in [5.74, 6) is 1.55. The van der Waals surface area contributed by atoms with E-state index in [-0.39, 0.29) is 6.01 Å². The van der Waals surface area contributed by atoms with Gasteiger partial charge in [-0.3, -0.25) is 9.80 Å². The number of anilines is 6. The number of nitrogens with zero attached hydrogens (tertiary/aromatic N) is 5. The van der Waals surface area contributed by atoms with Crippen LogP contribution in [0.1, 0.15) is 33.4 Å². The highest BCUT2D eigenvalue weighted by Gasteiger charge is 2.23. The minimum Gasteiger partial charge on any atom is -0.424 e. The van der Waals surface area contributed by atoms with E-state index in [0.717, 1.165) is 33.9 Å². The normalized spacial score (nSPS) is 10.9. The second kappa shape index (κ2) is 12.6. The molecular weight excluding hydrogens is 554 g/mol. The standard InChI is InChI=1S/C39H37N5O/c1-26-7-15-32(16-8-26)43(33-17-9-27(2)10-18-33)37-40-38(42-39(41-37)45-36-24-30(5)23-31(6)25-36)44(34-19-11-28(3)12-20-34)35-21-13-29(4)14-22-35/h7-25H,1-6H3. The summed E-state index contributed by atoms with van der Waals surface area (Å²) in [6, 6.07) is 39.7. The number of rotatable bonds is 8. The molecular formula is C39H37N5O. The zero-order valence-electron chi connectivity index (χ0n) is 26.6. The summed E-state index contributed by atoms with van der Waals surface area (Å²) in [5.41, 5.74) is 10.6. The van der Waals surface area contributed by atoms with E-state index >= 15 is 0 Å². The molecule has 0 saturated heterocycles. The topological polar surface area (TPSA) is 54.4 Å². The predicted molar refractivity (Wildman–Crippen MR) is 184 cm³/mol. The van der Waals surface area contributed by atoms with Gasteiger partial charge in [0.25, 0.3) is 0 Å². The van der Waals surface area contributed by atoms with Gasteiger partial charge in [-0.2, -0.15) is 15.0 Å². The van der Waals surface area contributed by atoms with Crippen LogP contribution in [0.4, 0.5) is 34.6 Å². The van der Waals surface area contributed by atoms with Crippen LogP contribution >= 0.6 is 0 Å². The summed E-state index contributed by atoms with van der Waals surface area (Å²) in [6.45, 7) is 12.4. The predicted octanol–water partition coefficient (Wildman–Crippen LogP) is 10.5. The minimum atomic E-state index is 0.202. The molecule has 0 saturated carbocycles. The second-order valence-corrected chi connectivity index (χ2v) is 11.7. The number of hydrogen-bond acceptors (Lipinski definition) is 6. The van der Waals surface area contributed by atoms with Crippen LogP contribution in [0.2, 0.25) is 0 Å². The van der Waals surface area contributed by atoms with Gasteiger partial charge in [0.05, 0.1) is 0 Å². The molecule has 1 aromatic heterocycles. The van der Waals surface area contributed by atoms with Gasteiger partial charge in [-0.15, -0.1) is 0 Å². The van der Waals surface area contributed by atoms with Crippen molar-refractivity contribution < 1.29 is 4.74 Å². The van der Waals surface area contributed by atoms with E-state index in [0.29, 0.717) is 17.6 Å². The molecule has 1 heterocycles. The summed E-state index contributed by atoms with van der Waals surface area (Å²) in [5, 5.41) is 0. The Morgan fingerprint density at radius 3 is 1.00 bits per heavy atom. The Kier molecular flexibility index (Phi) is 8.30. The lowest BCUT2D eigenvalue weighted by atomic mass is 10.1. The number of aromatic nitrogens is 3. The summed E-state index contributed by atoms with van der Waals surface area (Å²) < 4.78 is 6.43. The third kappa shape index (κ3) is 6.86. The van der Waals surface area contributed by atoms with E-state index in [2.05, 4.69) is 145 Å². The first-order valence-corrected chi connectivity index (χ1v) is 15.1. The molecule has 45 heavy (non-hydrogen) atoms. The summed E-state index contributed by atoms with van der Waals surface area (Å²) in [7, 11) is 0. The summed E-state index contributed by atoms with van der Waals surface area (Å²) >= 11 is 0. The first kappa shape index (κ1) is 29.6. The van der Waals surface area contributed by atoms with Crippen molar-refractivity contribution in [2.75, 3.05) is 9.80 Å². The fourth-order valence-corrected chi connectivity index (χ4v) is 5.21. The molecule has 0 fully saturated rings. The molecule has 0 spiro atoms. The fraction of sp³-hybridized carbons (Fsp3) is 0.154. The highest BCUT2D eigenvalue weighted by Crippen LogP contribution is 2.38. The van der Waals surface area contributed by atoms with Gasteiger partial charge in [-0.25, -0.2) is 0 Å². The third-order valence-corrected chi connectivity index (χ3v) is 7.56. The smallest absolute Gasteiger partial charge is 0.328 e. The van der Waals surface area contributed by atoms with Crippen molar-refractivity contribution in [2.24, 2.45) is 0 Å². The Labute approximate surface area is 265 Å². The van der Waals surface area contributed by atoms with Crippen LogP contribution in [0.15, 0.2) is 115 Å². The lowest BCUT2D eigenvalue weighted by molar-refractivity contribution is 0.440. The molecule has 0 aliphatic carbocycles. The zero-order valence-corrected chi connectivity index (χ0v) is 26.6. The van der Waals surface area contributed by atoms with Crippen LogP contribution in [0.5, 0.6) is 11.8 Å². The molecule has 224 valence electrons. The van der Waals surface area contributed by atoms with Crippen molar-refractivity contribution in [2.45, 2.75) is 41.5 Å². The van der Waals surface area contributed by atoms with Crippen molar-refractivity contribution in [3.63, 3.8) is 0 Å². The number of benzene rings is 5. The second-order valence-electron chi connectivity index (χ2n) is 11.7. The molecule has 0 N–H and O–H groups in total. The first-order chi connectivity index (χ1) is 21.7. The van der Waals surface area contributed by atoms with Crippen LogP contribution in [0.25, 0.3) is 0 Å². The van der Waals surface area contributed by atoms with Crippen LogP contribution in [-0.4, -0.2) is 15.0 Å². The summed E-state index contributed by atoms with van der Waals surface area (Å²) in [6.07, 6.45) is 0. The van der Waals surface area contributed by atoms with Gasteiger partial charge in [0, 0.05) is 22.7 Å². The van der Waals surface area contributed by atoms with E-state index in [1.807, 2.05) is 21.9 Å². The van der Waals surface area contributed by atoms with Gasteiger partial charge in [-0.1, -0.05) is 76.9 Å². The monoisotopic (exact) mass is 591 g/mol. The molecule has 0 unspecified atom stereocenters. The molecule has 5 aromatic carbocycles. The number of aryl methyl sites for hydroxylation is 6. The highest BCUT2D eigenvalue weighted by molar-refractivity contribution is 5.76. The Hall–Kier alpha value is -5.49. The zero-order chi connectivity index (χ0) is 31.5. The van der Waals surface area contributed by atoms with Gasteiger partial charge in [0.15, 0.2) is 0 Å². The van der Waals surface area contributed by atoms with Gasteiger partial charge in [0.1, 0.15) is 5.75 Å². The van der Waals surface area contributed by atoms with Crippen molar-refractivity contribution in [3.8, 4) is 11.8 Å². The maximum Gasteiger partial charge on any atom is 0.328 e. The highest BCUT2D eigenvalue weighted by atomic mass is 16.5. The van der Waals surface area contributed by atoms with Gasteiger partial charge in [-0.05, 0) is 113 Å². The largest absolute Gasteiger partial charge is 0.424 e. The molecule has 0 aliphatic heterocycles. The Bertz CT molecular complexity index is 1690. The lowest BCUT2D eigenvalue weighted by Crippen LogP contribution is -2.19. The van der Waals surface area contributed by atoms with Crippen LogP contribution < -0.4 is 14.5 Å². The molecule has 6 heteroatoms. The molecule has 0 radical (unpaired) electrons. The number of hydrogen-bond donors (Lipinski definition) is 0. The van der Waals surface area contributed by atoms with E-state index in [1.165, 1.54) is 22.3 Å². The van der Waals surface area contributed by atoms with E-state index in [1.54, 1.807) is 0 Å². The van der Waals surface area contributed by atoms with Gasteiger partial charge < -0.3 is 4.74 Å². The lowest BCUT2D eigenvalue weighted by Gasteiger charge is -2.27. The molecule has 0 amide bonds. The maximum absolute atomic E-state index is 6.43.